The van der Waals surface area contributed by atoms with E-state index in [1.807, 2.05) is 35.2 Å². The standard InChI is InChI=1S/C16H22N2O/c19-16(14-6-2-1-3-7-14)18-12-8-15(9-13-18)17-10-4-5-11-17/h1-3,6-7,15H,4-5,8-13H2. The van der Waals surface area contributed by atoms with Crippen LogP contribution >= 0.6 is 0 Å². The number of carbonyl (C=O) groups excluding carboxylic acids is 1. The van der Waals surface area contributed by atoms with Crippen molar-refractivity contribution in [1.82, 2.24) is 9.80 Å². The second-order valence-electron chi connectivity index (χ2n) is 5.63. The number of piperidine rings is 1. The summed E-state index contributed by atoms with van der Waals surface area (Å²) in [4.78, 5) is 17.0. The number of rotatable bonds is 2. The van der Waals surface area contributed by atoms with E-state index in [2.05, 4.69) is 4.90 Å². The van der Waals surface area contributed by atoms with Crippen molar-refractivity contribution in [3.8, 4) is 0 Å². The number of hydrogen-bond acceptors (Lipinski definition) is 2. The Balaban J connectivity index is 1.56. The van der Waals surface area contributed by atoms with E-state index in [0.29, 0.717) is 6.04 Å². The van der Waals surface area contributed by atoms with Crippen LogP contribution in [-0.4, -0.2) is 47.9 Å². The molecular weight excluding hydrogens is 236 g/mol. The van der Waals surface area contributed by atoms with Gasteiger partial charge in [-0.05, 0) is 50.9 Å². The van der Waals surface area contributed by atoms with Crippen molar-refractivity contribution in [2.75, 3.05) is 26.2 Å². The van der Waals surface area contributed by atoms with Gasteiger partial charge in [0, 0.05) is 24.7 Å². The minimum absolute atomic E-state index is 0.195. The highest BCUT2D eigenvalue weighted by Gasteiger charge is 2.28. The molecule has 0 aromatic heterocycles. The van der Waals surface area contributed by atoms with Crippen LogP contribution in [0.1, 0.15) is 36.0 Å². The average molecular weight is 258 g/mol. The summed E-state index contributed by atoms with van der Waals surface area (Å²) in [7, 11) is 0. The molecule has 3 nitrogen and oxygen atoms in total. The van der Waals surface area contributed by atoms with Crippen molar-refractivity contribution in [2.24, 2.45) is 0 Å². The molecule has 1 aromatic rings. The van der Waals surface area contributed by atoms with E-state index in [9.17, 15) is 4.79 Å². The van der Waals surface area contributed by atoms with E-state index in [1.165, 1.54) is 25.9 Å². The number of likely N-dealkylation sites (tertiary alicyclic amines) is 2. The largest absolute Gasteiger partial charge is 0.339 e. The van der Waals surface area contributed by atoms with Gasteiger partial charge in [-0.25, -0.2) is 0 Å². The summed E-state index contributed by atoms with van der Waals surface area (Å²) in [5.41, 5.74) is 0.821. The Bertz CT molecular complexity index is 418. The zero-order valence-corrected chi connectivity index (χ0v) is 11.4. The van der Waals surface area contributed by atoms with Gasteiger partial charge in [0.2, 0.25) is 0 Å². The molecule has 0 saturated carbocycles. The molecule has 1 amide bonds. The Labute approximate surface area is 115 Å². The summed E-state index contributed by atoms with van der Waals surface area (Å²) < 4.78 is 0. The van der Waals surface area contributed by atoms with Gasteiger partial charge in [-0.3, -0.25) is 4.79 Å². The van der Waals surface area contributed by atoms with Gasteiger partial charge in [0.05, 0.1) is 0 Å². The molecule has 19 heavy (non-hydrogen) atoms. The summed E-state index contributed by atoms with van der Waals surface area (Å²) in [6.07, 6.45) is 4.98. The molecule has 1 aromatic carbocycles. The zero-order valence-electron chi connectivity index (χ0n) is 11.4. The third-order valence-corrected chi connectivity index (χ3v) is 4.43. The number of nitrogens with zero attached hydrogens (tertiary/aromatic N) is 2. The van der Waals surface area contributed by atoms with E-state index in [4.69, 9.17) is 0 Å². The van der Waals surface area contributed by atoms with Crippen LogP contribution in [0.15, 0.2) is 30.3 Å². The molecular formula is C16H22N2O. The second kappa shape index (κ2) is 5.74. The fourth-order valence-corrected chi connectivity index (χ4v) is 3.30. The lowest BCUT2D eigenvalue weighted by Gasteiger charge is -2.36. The van der Waals surface area contributed by atoms with E-state index in [1.54, 1.807) is 0 Å². The lowest BCUT2D eigenvalue weighted by molar-refractivity contribution is 0.0644. The topological polar surface area (TPSA) is 23.6 Å². The Morgan fingerprint density at radius 1 is 0.947 bits per heavy atom. The third-order valence-electron chi connectivity index (χ3n) is 4.43. The van der Waals surface area contributed by atoms with E-state index in [-0.39, 0.29) is 5.91 Å². The van der Waals surface area contributed by atoms with Crippen molar-refractivity contribution >= 4 is 5.91 Å². The number of hydrogen-bond donors (Lipinski definition) is 0. The Morgan fingerprint density at radius 2 is 1.58 bits per heavy atom. The molecule has 0 aliphatic carbocycles. The van der Waals surface area contributed by atoms with Crippen LogP contribution in [0.25, 0.3) is 0 Å². The van der Waals surface area contributed by atoms with Crippen molar-refractivity contribution in [3.05, 3.63) is 35.9 Å². The van der Waals surface area contributed by atoms with Crippen LogP contribution in [-0.2, 0) is 0 Å². The van der Waals surface area contributed by atoms with Crippen LogP contribution in [0.2, 0.25) is 0 Å². The van der Waals surface area contributed by atoms with Gasteiger partial charge in [0.25, 0.3) is 5.91 Å². The predicted molar refractivity (Wildman–Crippen MR) is 76.2 cm³/mol. The first-order valence-corrected chi connectivity index (χ1v) is 7.43. The van der Waals surface area contributed by atoms with Gasteiger partial charge >= 0.3 is 0 Å². The summed E-state index contributed by atoms with van der Waals surface area (Å²) in [6, 6.07) is 10.4. The minimum Gasteiger partial charge on any atom is -0.339 e. The van der Waals surface area contributed by atoms with Gasteiger partial charge < -0.3 is 9.80 Å². The molecule has 0 radical (unpaired) electrons. The van der Waals surface area contributed by atoms with Crippen LogP contribution in [0, 0.1) is 0 Å². The third kappa shape index (κ3) is 2.81. The van der Waals surface area contributed by atoms with Crippen LogP contribution in [0.3, 0.4) is 0 Å². The lowest BCUT2D eigenvalue weighted by atomic mass is 10.0. The Hall–Kier alpha value is -1.35. The summed E-state index contributed by atoms with van der Waals surface area (Å²) >= 11 is 0. The Morgan fingerprint density at radius 3 is 2.21 bits per heavy atom. The minimum atomic E-state index is 0.195. The fourth-order valence-electron chi connectivity index (χ4n) is 3.30. The molecule has 3 heteroatoms. The number of benzene rings is 1. The van der Waals surface area contributed by atoms with Crippen molar-refractivity contribution in [2.45, 2.75) is 31.7 Å². The normalized spacial score (nSPS) is 21.8. The maximum absolute atomic E-state index is 12.3. The highest BCUT2D eigenvalue weighted by Crippen LogP contribution is 2.22. The average Bonchev–Trinajstić information content (AvgIpc) is 3.02. The molecule has 0 bridgehead atoms. The maximum atomic E-state index is 12.3. The molecule has 0 atom stereocenters. The molecule has 0 spiro atoms. The van der Waals surface area contributed by atoms with Crippen molar-refractivity contribution in [3.63, 3.8) is 0 Å². The first-order valence-electron chi connectivity index (χ1n) is 7.43. The first-order chi connectivity index (χ1) is 9.34. The SMILES string of the molecule is O=C(c1ccccc1)N1CCC(N2CCCC2)CC1. The molecule has 102 valence electrons. The van der Waals surface area contributed by atoms with Gasteiger partial charge in [0.1, 0.15) is 0 Å². The quantitative estimate of drug-likeness (QED) is 0.813. The molecule has 2 heterocycles. The Kier molecular flexibility index (Phi) is 3.83. The summed E-state index contributed by atoms with van der Waals surface area (Å²) in [6.45, 7) is 4.35. The van der Waals surface area contributed by atoms with Crippen molar-refractivity contribution in [1.29, 1.82) is 0 Å². The first kappa shape index (κ1) is 12.7. The molecule has 2 saturated heterocycles. The van der Waals surface area contributed by atoms with Crippen molar-refractivity contribution < 1.29 is 4.79 Å². The molecule has 2 aliphatic rings. The van der Waals surface area contributed by atoms with Crippen LogP contribution in [0.4, 0.5) is 0 Å². The molecule has 3 rings (SSSR count). The van der Waals surface area contributed by atoms with E-state index < -0.39 is 0 Å². The zero-order chi connectivity index (χ0) is 13.1. The summed E-state index contributed by atoms with van der Waals surface area (Å²) in [5.74, 6) is 0.195. The lowest BCUT2D eigenvalue weighted by Crippen LogP contribution is -2.45. The van der Waals surface area contributed by atoms with Crippen LogP contribution in [0.5, 0.6) is 0 Å². The van der Waals surface area contributed by atoms with Gasteiger partial charge in [-0.15, -0.1) is 0 Å². The number of amides is 1. The van der Waals surface area contributed by atoms with E-state index >= 15 is 0 Å². The van der Waals surface area contributed by atoms with E-state index in [0.717, 1.165) is 31.5 Å². The maximum Gasteiger partial charge on any atom is 0.253 e. The highest BCUT2D eigenvalue weighted by atomic mass is 16.2. The molecule has 2 aliphatic heterocycles. The fraction of sp³-hybridized carbons (Fsp3) is 0.562. The molecule has 0 N–H and O–H groups in total. The predicted octanol–water partition coefficient (Wildman–Crippen LogP) is 2.39. The highest BCUT2D eigenvalue weighted by molar-refractivity contribution is 5.94. The van der Waals surface area contributed by atoms with Gasteiger partial charge in [-0.1, -0.05) is 18.2 Å². The molecule has 2 fully saturated rings. The second-order valence-corrected chi connectivity index (χ2v) is 5.63. The number of carbonyl (C=O) groups is 1. The smallest absolute Gasteiger partial charge is 0.253 e. The summed E-state index contributed by atoms with van der Waals surface area (Å²) in [5, 5.41) is 0. The monoisotopic (exact) mass is 258 g/mol. The molecule has 0 unspecified atom stereocenters. The van der Waals surface area contributed by atoms with Gasteiger partial charge in [-0.2, -0.15) is 0 Å². The van der Waals surface area contributed by atoms with Gasteiger partial charge in [0.15, 0.2) is 0 Å². The van der Waals surface area contributed by atoms with Crippen LogP contribution < -0.4 is 0 Å².